The lowest BCUT2D eigenvalue weighted by molar-refractivity contribution is -0.149. The molecule has 29 heavy (non-hydrogen) atoms. The number of carbonyl (C=O) groups excluding carboxylic acids is 1. The summed E-state index contributed by atoms with van der Waals surface area (Å²) in [6, 6.07) is 24.3. The number of ether oxygens (including phenoxy) is 3. The summed E-state index contributed by atoms with van der Waals surface area (Å²) >= 11 is 0. The summed E-state index contributed by atoms with van der Waals surface area (Å²) in [5.41, 5.74) is 2.47. The molecule has 3 aromatic rings. The molecule has 148 valence electrons. The lowest BCUT2D eigenvalue weighted by atomic mass is 9.89. The number of aliphatic hydroxyl groups excluding tert-OH is 1. The number of hydrogen-bond donors (Lipinski definition) is 1. The highest BCUT2D eigenvalue weighted by atomic mass is 16.7. The average Bonchev–Trinajstić information content (AvgIpc) is 3.22. The van der Waals surface area contributed by atoms with Gasteiger partial charge in [0.05, 0.1) is 6.10 Å². The molecule has 0 saturated heterocycles. The van der Waals surface area contributed by atoms with Gasteiger partial charge in [-0.25, -0.2) is 0 Å². The maximum atomic E-state index is 13.0. The second kappa shape index (κ2) is 8.80. The lowest BCUT2D eigenvalue weighted by Crippen LogP contribution is -2.29. The van der Waals surface area contributed by atoms with E-state index in [2.05, 4.69) is 0 Å². The van der Waals surface area contributed by atoms with E-state index in [9.17, 15) is 9.90 Å². The van der Waals surface area contributed by atoms with Crippen LogP contribution in [0.1, 0.15) is 22.6 Å². The predicted molar refractivity (Wildman–Crippen MR) is 108 cm³/mol. The van der Waals surface area contributed by atoms with Crippen LogP contribution >= 0.6 is 0 Å². The summed E-state index contributed by atoms with van der Waals surface area (Å²) in [7, 11) is 0. The van der Waals surface area contributed by atoms with Crippen LogP contribution in [-0.2, 0) is 22.6 Å². The summed E-state index contributed by atoms with van der Waals surface area (Å²) in [4.78, 5) is 13.0. The Bertz CT molecular complexity index is 956. The molecule has 4 rings (SSSR count). The predicted octanol–water partition coefficient (Wildman–Crippen LogP) is 3.85. The van der Waals surface area contributed by atoms with Crippen LogP contribution in [0.4, 0.5) is 0 Å². The molecule has 3 aromatic carbocycles. The van der Waals surface area contributed by atoms with Gasteiger partial charge in [0.25, 0.3) is 0 Å². The van der Waals surface area contributed by atoms with E-state index in [0.717, 1.165) is 11.1 Å². The summed E-state index contributed by atoms with van der Waals surface area (Å²) in [5, 5.41) is 11.0. The van der Waals surface area contributed by atoms with Gasteiger partial charge in [-0.05, 0) is 35.2 Å². The molecule has 0 amide bonds. The second-order valence-corrected chi connectivity index (χ2v) is 6.94. The van der Waals surface area contributed by atoms with Crippen molar-refractivity contribution in [3.63, 3.8) is 0 Å². The summed E-state index contributed by atoms with van der Waals surface area (Å²) in [6.07, 6.45) is -0.610. The summed E-state index contributed by atoms with van der Waals surface area (Å²) in [6.45, 7) is 0.299. The largest absolute Gasteiger partial charge is 0.460 e. The van der Waals surface area contributed by atoms with Crippen LogP contribution in [0, 0.1) is 0 Å². The quantitative estimate of drug-likeness (QED) is 0.621. The monoisotopic (exact) mass is 390 g/mol. The third kappa shape index (κ3) is 4.58. The molecule has 1 aliphatic rings. The van der Waals surface area contributed by atoms with Gasteiger partial charge in [-0.15, -0.1) is 0 Å². The van der Waals surface area contributed by atoms with Crippen molar-refractivity contribution in [2.24, 2.45) is 0 Å². The maximum Gasteiger partial charge on any atom is 0.316 e. The number of hydrogen-bond acceptors (Lipinski definition) is 5. The first-order chi connectivity index (χ1) is 14.2. The molecule has 0 saturated carbocycles. The zero-order valence-corrected chi connectivity index (χ0v) is 15.9. The van der Waals surface area contributed by atoms with Gasteiger partial charge in [-0.3, -0.25) is 4.79 Å². The number of benzene rings is 3. The number of rotatable bonds is 7. The van der Waals surface area contributed by atoms with Crippen LogP contribution in [0.25, 0.3) is 0 Å². The second-order valence-electron chi connectivity index (χ2n) is 6.94. The number of esters is 1. The first-order valence-electron chi connectivity index (χ1n) is 9.53. The molecule has 5 heteroatoms. The Morgan fingerprint density at radius 2 is 1.55 bits per heavy atom. The molecule has 0 fully saturated rings. The molecule has 1 heterocycles. The van der Waals surface area contributed by atoms with E-state index in [1.807, 2.05) is 60.7 Å². The molecule has 0 radical (unpaired) electrons. The highest BCUT2D eigenvalue weighted by molar-refractivity contribution is 5.79. The van der Waals surface area contributed by atoms with Crippen molar-refractivity contribution in [3.8, 4) is 11.5 Å². The van der Waals surface area contributed by atoms with E-state index in [1.54, 1.807) is 18.2 Å². The molecular weight excluding hydrogens is 368 g/mol. The summed E-state index contributed by atoms with van der Waals surface area (Å²) in [5.74, 6) is -0.123. The Labute approximate surface area is 169 Å². The van der Waals surface area contributed by atoms with E-state index in [1.165, 1.54) is 0 Å². The van der Waals surface area contributed by atoms with Crippen molar-refractivity contribution >= 4 is 5.97 Å². The number of carbonyl (C=O) groups is 1. The summed E-state index contributed by atoms with van der Waals surface area (Å²) < 4.78 is 16.3. The number of fused-ring (bicyclic) bond motifs is 1. The van der Waals surface area contributed by atoms with Gasteiger partial charge in [-0.2, -0.15) is 0 Å². The minimum absolute atomic E-state index is 0.147. The minimum atomic E-state index is -0.943. The molecule has 0 aromatic heterocycles. The molecule has 0 bridgehead atoms. The third-order valence-electron chi connectivity index (χ3n) is 4.91. The third-order valence-corrected chi connectivity index (χ3v) is 4.91. The van der Waals surface area contributed by atoms with Gasteiger partial charge < -0.3 is 19.3 Å². The van der Waals surface area contributed by atoms with Gasteiger partial charge in [0.1, 0.15) is 12.5 Å². The van der Waals surface area contributed by atoms with E-state index >= 15 is 0 Å². The van der Waals surface area contributed by atoms with Crippen molar-refractivity contribution in [2.45, 2.75) is 25.0 Å². The van der Waals surface area contributed by atoms with Gasteiger partial charge >= 0.3 is 5.97 Å². The highest BCUT2D eigenvalue weighted by Crippen LogP contribution is 2.36. The van der Waals surface area contributed by atoms with Crippen LogP contribution in [0.2, 0.25) is 0 Å². The average molecular weight is 390 g/mol. The van der Waals surface area contributed by atoms with Crippen molar-refractivity contribution in [1.82, 2.24) is 0 Å². The molecule has 2 atom stereocenters. The van der Waals surface area contributed by atoms with Gasteiger partial charge in [-0.1, -0.05) is 66.7 Å². The SMILES string of the molecule is O=C(OCc1ccccc1)C(c1ccc2c(c1)OCO2)C(O)Cc1ccccc1. The maximum absolute atomic E-state index is 13.0. The van der Waals surface area contributed by atoms with Crippen molar-refractivity contribution in [3.05, 3.63) is 95.6 Å². The first kappa shape index (κ1) is 19.0. The molecule has 0 spiro atoms. The van der Waals surface area contributed by atoms with Crippen molar-refractivity contribution in [1.29, 1.82) is 0 Å². The fourth-order valence-corrected chi connectivity index (χ4v) is 3.41. The highest BCUT2D eigenvalue weighted by Gasteiger charge is 2.32. The molecule has 5 nitrogen and oxygen atoms in total. The van der Waals surface area contributed by atoms with Gasteiger partial charge in [0.15, 0.2) is 11.5 Å². The van der Waals surface area contributed by atoms with E-state index < -0.39 is 18.0 Å². The fraction of sp³-hybridized carbons (Fsp3) is 0.208. The topological polar surface area (TPSA) is 65.0 Å². The Balaban J connectivity index is 1.56. The minimum Gasteiger partial charge on any atom is -0.460 e. The Hall–Kier alpha value is -3.31. The van der Waals surface area contributed by atoms with Crippen molar-refractivity contribution < 1.29 is 24.1 Å². The van der Waals surface area contributed by atoms with Crippen LogP contribution in [-0.4, -0.2) is 24.0 Å². The fourth-order valence-electron chi connectivity index (χ4n) is 3.41. The van der Waals surface area contributed by atoms with Crippen LogP contribution < -0.4 is 9.47 Å². The normalized spacial score (nSPS) is 14.2. The Morgan fingerprint density at radius 1 is 0.897 bits per heavy atom. The van der Waals surface area contributed by atoms with E-state index in [0.29, 0.717) is 23.5 Å². The van der Waals surface area contributed by atoms with E-state index in [-0.39, 0.29) is 13.4 Å². The van der Waals surface area contributed by atoms with E-state index in [4.69, 9.17) is 14.2 Å². The van der Waals surface area contributed by atoms with Crippen molar-refractivity contribution in [2.75, 3.05) is 6.79 Å². The van der Waals surface area contributed by atoms with Gasteiger partial charge in [0.2, 0.25) is 6.79 Å². The Morgan fingerprint density at radius 3 is 2.28 bits per heavy atom. The van der Waals surface area contributed by atoms with Crippen LogP contribution in [0.3, 0.4) is 0 Å². The molecular formula is C24H22O5. The smallest absolute Gasteiger partial charge is 0.316 e. The zero-order chi connectivity index (χ0) is 20.1. The molecule has 2 unspecified atom stereocenters. The molecule has 0 aliphatic carbocycles. The Kier molecular flexibility index (Phi) is 5.77. The first-order valence-corrected chi connectivity index (χ1v) is 9.53. The van der Waals surface area contributed by atoms with Crippen LogP contribution in [0.5, 0.6) is 11.5 Å². The lowest BCUT2D eigenvalue weighted by Gasteiger charge is -2.22. The zero-order valence-electron chi connectivity index (χ0n) is 15.9. The van der Waals surface area contributed by atoms with Gasteiger partial charge in [0, 0.05) is 0 Å². The number of aliphatic hydroxyl groups is 1. The molecule has 1 aliphatic heterocycles. The van der Waals surface area contributed by atoms with Crippen LogP contribution in [0.15, 0.2) is 78.9 Å². The standard InChI is InChI=1S/C24H22O5/c25-20(13-17-7-3-1-4-8-17)23(19-11-12-21-22(14-19)29-16-28-21)24(26)27-15-18-9-5-2-6-10-18/h1-12,14,20,23,25H,13,15-16H2. The molecule has 1 N–H and O–H groups in total.